The molecule has 0 heterocycles. The number of amides is 2. The SMILES string of the molecule is CCNC(=O)c1cccc(NC(=S)NC(=O)c2cc([N+](=O)[O-])cc([N+](=O)[O-])c2)c1. The number of hydrogen-bond donors (Lipinski definition) is 3. The number of non-ortho nitro benzene ring substituents is 2. The van der Waals surface area contributed by atoms with E-state index >= 15 is 0 Å². The van der Waals surface area contributed by atoms with Gasteiger partial charge in [-0.3, -0.25) is 35.1 Å². The highest BCUT2D eigenvalue weighted by atomic mass is 32.1. The molecule has 150 valence electrons. The van der Waals surface area contributed by atoms with Gasteiger partial charge in [0, 0.05) is 29.9 Å². The van der Waals surface area contributed by atoms with Crippen molar-refractivity contribution < 1.29 is 19.4 Å². The summed E-state index contributed by atoms with van der Waals surface area (Å²) < 4.78 is 0. The van der Waals surface area contributed by atoms with Gasteiger partial charge in [0.05, 0.1) is 21.5 Å². The largest absolute Gasteiger partial charge is 0.352 e. The van der Waals surface area contributed by atoms with Gasteiger partial charge in [-0.2, -0.15) is 0 Å². The number of nitrogens with one attached hydrogen (secondary N) is 3. The molecule has 0 saturated heterocycles. The van der Waals surface area contributed by atoms with E-state index in [4.69, 9.17) is 12.2 Å². The maximum Gasteiger partial charge on any atom is 0.277 e. The molecular weight excluding hydrogens is 402 g/mol. The summed E-state index contributed by atoms with van der Waals surface area (Å²) in [5, 5.41) is 29.3. The van der Waals surface area contributed by atoms with E-state index in [1.807, 2.05) is 0 Å². The van der Waals surface area contributed by atoms with E-state index in [-0.39, 0.29) is 16.6 Å². The molecule has 0 fully saturated rings. The topological polar surface area (TPSA) is 157 Å². The van der Waals surface area contributed by atoms with Gasteiger partial charge in [0.15, 0.2) is 5.11 Å². The summed E-state index contributed by atoms with van der Waals surface area (Å²) in [7, 11) is 0. The maximum absolute atomic E-state index is 12.3. The fourth-order valence-corrected chi connectivity index (χ4v) is 2.49. The third-order valence-electron chi connectivity index (χ3n) is 3.53. The molecule has 29 heavy (non-hydrogen) atoms. The lowest BCUT2D eigenvalue weighted by Gasteiger charge is -2.11. The number of nitro groups is 2. The van der Waals surface area contributed by atoms with E-state index in [0.717, 1.165) is 18.2 Å². The molecule has 2 aromatic rings. The Labute approximate surface area is 169 Å². The lowest BCUT2D eigenvalue weighted by Crippen LogP contribution is -2.34. The first kappa shape index (κ1) is 21.4. The molecule has 12 heteroatoms. The minimum absolute atomic E-state index is 0.155. The molecule has 2 amide bonds. The van der Waals surface area contributed by atoms with Gasteiger partial charge in [-0.25, -0.2) is 0 Å². The number of nitro benzene ring substituents is 2. The van der Waals surface area contributed by atoms with Crippen molar-refractivity contribution in [1.29, 1.82) is 0 Å². The predicted molar refractivity (Wildman–Crippen MR) is 108 cm³/mol. The standard InChI is InChI=1S/C17H15N5O6S/c1-2-18-15(23)10-4-3-5-12(6-10)19-17(29)20-16(24)11-7-13(21(25)26)9-14(8-11)22(27)28/h3-9H,2H2,1H3,(H,18,23)(H2,19,20,24,29). The van der Waals surface area contributed by atoms with Crippen molar-refractivity contribution in [3.63, 3.8) is 0 Å². The molecule has 0 unspecified atom stereocenters. The number of benzene rings is 2. The summed E-state index contributed by atoms with van der Waals surface area (Å²) in [5.41, 5.74) is -0.703. The number of nitrogens with zero attached hydrogens (tertiary/aromatic N) is 2. The van der Waals surface area contributed by atoms with Gasteiger partial charge in [-0.15, -0.1) is 0 Å². The van der Waals surface area contributed by atoms with Crippen molar-refractivity contribution in [1.82, 2.24) is 10.6 Å². The molecule has 0 aliphatic heterocycles. The second kappa shape index (κ2) is 9.32. The van der Waals surface area contributed by atoms with Crippen LogP contribution in [0.15, 0.2) is 42.5 Å². The first-order chi connectivity index (χ1) is 13.7. The van der Waals surface area contributed by atoms with Crippen LogP contribution in [0.2, 0.25) is 0 Å². The predicted octanol–water partition coefficient (Wildman–Crippen LogP) is 2.38. The van der Waals surface area contributed by atoms with Crippen LogP contribution in [-0.4, -0.2) is 33.3 Å². The summed E-state index contributed by atoms with van der Waals surface area (Å²) in [5.74, 6) is -1.15. The van der Waals surface area contributed by atoms with Crippen LogP contribution in [0, 0.1) is 20.2 Å². The zero-order valence-corrected chi connectivity index (χ0v) is 15.8. The Morgan fingerprint density at radius 1 is 0.966 bits per heavy atom. The minimum atomic E-state index is -0.866. The number of rotatable bonds is 6. The van der Waals surface area contributed by atoms with Crippen LogP contribution >= 0.6 is 12.2 Å². The highest BCUT2D eigenvalue weighted by Gasteiger charge is 2.20. The van der Waals surface area contributed by atoms with Crippen molar-refractivity contribution in [2.75, 3.05) is 11.9 Å². The minimum Gasteiger partial charge on any atom is -0.352 e. The van der Waals surface area contributed by atoms with Gasteiger partial charge < -0.3 is 10.6 Å². The number of carbonyl (C=O) groups is 2. The summed E-state index contributed by atoms with van der Waals surface area (Å²) in [6.07, 6.45) is 0. The van der Waals surface area contributed by atoms with Gasteiger partial charge in [0.25, 0.3) is 23.2 Å². The molecule has 0 aliphatic rings. The molecule has 3 N–H and O–H groups in total. The van der Waals surface area contributed by atoms with Crippen molar-refractivity contribution >= 4 is 46.2 Å². The summed E-state index contributed by atoms with van der Waals surface area (Å²) in [4.78, 5) is 44.4. The van der Waals surface area contributed by atoms with Gasteiger partial charge >= 0.3 is 0 Å². The molecule has 0 radical (unpaired) electrons. The summed E-state index contributed by atoms with van der Waals surface area (Å²) >= 11 is 5.03. The zero-order valence-electron chi connectivity index (χ0n) is 15.0. The van der Waals surface area contributed by atoms with Crippen LogP contribution in [0.25, 0.3) is 0 Å². The van der Waals surface area contributed by atoms with Crippen LogP contribution in [-0.2, 0) is 0 Å². The smallest absolute Gasteiger partial charge is 0.277 e. The van der Waals surface area contributed by atoms with E-state index in [9.17, 15) is 29.8 Å². The van der Waals surface area contributed by atoms with E-state index in [0.29, 0.717) is 17.8 Å². The van der Waals surface area contributed by atoms with Crippen molar-refractivity contribution in [2.24, 2.45) is 0 Å². The number of hydrogen-bond acceptors (Lipinski definition) is 7. The molecule has 0 aliphatic carbocycles. The Kier molecular flexibility index (Phi) is 6.87. The molecular formula is C17H15N5O6S. The highest BCUT2D eigenvalue weighted by molar-refractivity contribution is 7.80. The Hall–Kier alpha value is -3.93. The average Bonchev–Trinajstić information content (AvgIpc) is 2.67. The zero-order chi connectivity index (χ0) is 21.6. The van der Waals surface area contributed by atoms with Gasteiger partial charge in [0.1, 0.15) is 0 Å². The van der Waals surface area contributed by atoms with Crippen LogP contribution in [0.4, 0.5) is 17.1 Å². The van der Waals surface area contributed by atoms with Crippen molar-refractivity contribution in [3.05, 3.63) is 73.8 Å². The monoisotopic (exact) mass is 417 g/mol. The lowest BCUT2D eigenvalue weighted by molar-refractivity contribution is -0.394. The van der Waals surface area contributed by atoms with E-state index < -0.39 is 27.1 Å². The fourth-order valence-electron chi connectivity index (χ4n) is 2.28. The molecule has 0 saturated carbocycles. The first-order valence-electron chi connectivity index (χ1n) is 8.15. The number of thiocarbonyl (C=S) groups is 1. The van der Waals surface area contributed by atoms with Gasteiger partial charge in [-0.05, 0) is 37.3 Å². The average molecular weight is 417 g/mol. The van der Waals surface area contributed by atoms with Crippen LogP contribution < -0.4 is 16.0 Å². The third kappa shape index (κ3) is 5.77. The van der Waals surface area contributed by atoms with Gasteiger partial charge in [0.2, 0.25) is 0 Å². The molecule has 2 rings (SSSR count). The normalized spacial score (nSPS) is 9.97. The van der Waals surface area contributed by atoms with Crippen LogP contribution in [0.3, 0.4) is 0 Å². The second-order valence-corrected chi connectivity index (χ2v) is 6.01. The number of anilines is 1. The maximum atomic E-state index is 12.3. The van der Waals surface area contributed by atoms with E-state index in [2.05, 4.69) is 16.0 Å². The van der Waals surface area contributed by atoms with E-state index in [1.165, 1.54) is 6.07 Å². The van der Waals surface area contributed by atoms with Crippen LogP contribution in [0.5, 0.6) is 0 Å². The number of carbonyl (C=O) groups excluding carboxylic acids is 2. The highest BCUT2D eigenvalue weighted by Crippen LogP contribution is 2.22. The lowest BCUT2D eigenvalue weighted by atomic mass is 10.1. The molecule has 0 spiro atoms. The molecule has 0 atom stereocenters. The Morgan fingerprint density at radius 3 is 2.14 bits per heavy atom. The molecule has 11 nitrogen and oxygen atoms in total. The van der Waals surface area contributed by atoms with Crippen molar-refractivity contribution in [3.8, 4) is 0 Å². The molecule has 0 aromatic heterocycles. The van der Waals surface area contributed by atoms with E-state index in [1.54, 1.807) is 25.1 Å². The van der Waals surface area contributed by atoms with Gasteiger partial charge in [-0.1, -0.05) is 6.07 Å². The van der Waals surface area contributed by atoms with Crippen molar-refractivity contribution in [2.45, 2.75) is 6.92 Å². The Morgan fingerprint density at radius 2 is 1.59 bits per heavy atom. The van der Waals surface area contributed by atoms with Crippen LogP contribution in [0.1, 0.15) is 27.6 Å². The quantitative estimate of drug-likeness (QED) is 0.367. The Balaban J connectivity index is 2.14. The fraction of sp³-hybridized carbons (Fsp3) is 0.118. The first-order valence-corrected chi connectivity index (χ1v) is 8.56. The Bertz CT molecular complexity index is 977. The molecule has 2 aromatic carbocycles. The second-order valence-electron chi connectivity index (χ2n) is 5.60. The summed E-state index contributed by atoms with van der Waals surface area (Å²) in [6.45, 7) is 2.24. The summed E-state index contributed by atoms with van der Waals surface area (Å²) in [6, 6.07) is 8.89. The molecule has 0 bridgehead atoms. The third-order valence-corrected chi connectivity index (χ3v) is 3.74.